The number of amides is 1. The molecular weight excluding hydrogens is 256 g/mol. The highest BCUT2D eigenvalue weighted by Crippen LogP contribution is 2.19. The number of methoxy groups -OCH3 is 1. The van der Waals surface area contributed by atoms with Crippen LogP contribution in [0.4, 0.5) is 0 Å². The second-order valence-electron chi connectivity index (χ2n) is 3.38. The van der Waals surface area contributed by atoms with Crippen LogP contribution in [0.15, 0.2) is 6.20 Å². The lowest BCUT2D eigenvalue weighted by Gasteiger charge is -2.14. The van der Waals surface area contributed by atoms with Crippen LogP contribution in [0.5, 0.6) is 5.19 Å². The molecule has 18 heavy (non-hydrogen) atoms. The number of nitrogens with zero attached hydrogens (tertiary/aromatic N) is 1. The van der Waals surface area contributed by atoms with Crippen LogP contribution in [0.2, 0.25) is 0 Å². The Kier molecular flexibility index (Phi) is 5.57. The van der Waals surface area contributed by atoms with Gasteiger partial charge in [0.05, 0.1) is 19.9 Å². The average Bonchev–Trinajstić information content (AvgIpc) is 2.84. The number of rotatable bonds is 6. The molecule has 1 aromatic heterocycles. The topological polar surface area (TPSA) is 77.5 Å². The van der Waals surface area contributed by atoms with Gasteiger partial charge in [-0.25, -0.2) is 9.78 Å². The minimum absolute atomic E-state index is 0.291. The molecule has 0 aromatic carbocycles. The summed E-state index contributed by atoms with van der Waals surface area (Å²) in [6.45, 7) is 3.81. The minimum atomic E-state index is -0.634. The van der Waals surface area contributed by atoms with E-state index in [1.165, 1.54) is 13.3 Å². The van der Waals surface area contributed by atoms with Crippen molar-refractivity contribution in [3.05, 3.63) is 11.1 Å². The van der Waals surface area contributed by atoms with Crippen molar-refractivity contribution in [2.45, 2.75) is 26.3 Å². The number of carbonyl (C=O) groups is 2. The maximum Gasteiger partial charge on any atom is 0.328 e. The van der Waals surface area contributed by atoms with Crippen LogP contribution in [0.1, 0.15) is 29.9 Å². The van der Waals surface area contributed by atoms with E-state index in [-0.39, 0.29) is 5.91 Å². The summed E-state index contributed by atoms with van der Waals surface area (Å²) in [4.78, 5) is 27.7. The Balaban J connectivity index is 2.64. The molecular formula is C11H16N2O4S. The van der Waals surface area contributed by atoms with Crippen molar-refractivity contribution >= 4 is 23.2 Å². The Labute approximate surface area is 109 Å². The van der Waals surface area contributed by atoms with Crippen LogP contribution < -0.4 is 10.1 Å². The zero-order chi connectivity index (χ0) is 13.5. The van der Waals surface area contributed by atoms with E-state index in [4.69, 9.17) is 9.47 Å². The van der Waals surface area contributed by atoms with Gasteiger partial charge in [-0.1, -0.05) is 18.3 Å². The summed E-state index contributed by atoms with van der Waals surface area (Å²) >= 11 is 1.12. The van der Waals surface area contributed by atoms with Gasteiger partial charge in [-0.3, -0.25) is 4.79 Å². The number of hydrogen-bond donors (Lipinski definition) is 1. The molecule has 6 nitrogen and oxygen atoms in total. The molecule has 0 spiro atoms. The van der Waals surface area contributed by atoms with E-state index >= 15 is 0 Å². The van der Waals surface area contributed by atoms with Crippen molar-refractivity contribution in [3.63, 3.8) is 0 Å². The second kappa shape index (κ2) is 6.95. The first-order chi connectivity index (χ1) is 8.62. The fourth-order valence-electron chi connectivity index (χ4n) is 1.26. The number of carbonyl (C=O) groups excluding carboxylic acids is 2. The Hall–Kier alpha value is -1.63. The van der Waals surface area contributed by atoms with Gasteiger partial charge in [-0.05, 0) is 13.3 Å². The highest BCUT2D eigenvalue weighted by molar-refractivity contribution is 7.15. The van der Waals surface area contributed by atoms with Crippen LogP contribution in [-0.2, 0) is 9.53 Å². The first-order valence-corrected chi connectivity index (χ1v) is 6.41. The first kappa shape index (κ1) is 14.4. The van der Waals surface area contributed by atoms with Gasteiger partial charge in [0.25, 0.3) is 11.1 Å². The van der Waals surface area contributed by atoms with E-state index < -0.39 is 12.0 Å². The fraction of sp³-hybridized carbons (Fsp3) is 0.545. The highest BCUT2D eigenvalue weighted by atomic mass is 32.1. The molecule has 0 bridgehead atoms. The molecule has 1 rings (SSSR count). The summed E-state index contributed by atoms with van der Waals surface area (Å²) in [5.41, 5.74) is 0. The molecule has 0 fully saturated rings. The van der Waals surface area contributed by atoms with Crippen molar-refractivity contribution in [1.82, 2.24) is 10.3 Å². The van der Waals surface area contributed by atoms with E-state index in [1.807, 2.05) is 0 Å². The second-order valence-corrected chi connectivity index (χ2v) is 4.37. The molecule has 0 saturated heterocycles. The van der Waals surface area contributed by atoms with E-state index in [0.29, 0.717) is 23.1 Å². The van der Waals surface area contributed by atoms with Gasteiger partial charge in [-0.2, -0.15) is 0 Å². The summed E-state index contributed by atoms with van der Waals surface area (Å²) in [5, 5.41) is 3.01. The van der Waals surface area contributed by atoms with Crippen LogP contribution in [-0.4, -0.2) is 36.6 Å². The molecule has 1 atom stereocenters. The Bertz CT molecular complexity index is 419. The Morgan fingerprint density at radius 1 is 1.50 bits per heavy atom. The van der Waals surface area contributed by atoms with Crippen LogP contribution in [0, 0.1) is 0 Å². The number of hydrogen-bond acceptors (Lipinski definition) is 6. The summed E-state index contributed by atoms with van der Waals surface area (Å²) in [5.74, 6) is -0.777. The summed E-state index contributed by atoms with van der Waals surface area (Å²) in [6.07, 6.45) is 1.89. The van der Waals surface area contributed by atoms with Crippen molar-refractivity contribution in [1.29, 1.82) is 0 Å². The minimum Gasteiger partial charge on any atom is -0.473 e. The lowest BCUT2D eigenvalue weighted by atomic mass is 10.2. The molecule has 0 radical (unpaired) electrons. The van der Waals surface area contributed by atoms with Gasteiger partial charge in [0, 0.05) is 0 Å². The highest BCUT2D eigenvalue weighted by Gasteiger charge is 2.21. The molecule has 100 valence electrons. The van der Waals surface area contributed by atoms with Crippen LogP contribution >= 0.6 is 11.3 Å². The first-order valence-electron chi connectivity index (χ1n) is 5.59. The number of nitrogens with one attached hydrogen (secondary N) is 1. The zero-order valence-electron chi connectivity index (χ0n) is 10.6. The van der Waals surface area contributed by atoms with Gasteiger partial charge < -0.3 is 14.8 Å². The Morgan fingerprint density at radius 3 is 2.72 bits per heavy atom. The standard InChI is InChI=1S/C11H16N2O4S/c1-4-7(10(15)17-5-2)13-9(14)8-6-12-11(16-3)18-8/h6-7H,4-5H2,1-3H3,(H,13,14). The normalized spacial score (nSPS) is 11.7. The van der Waals surface area contributed by atoms with E-state index in [0.717, 1.165) is 11.3 Å². The molecule has 1 aromatic rings. The number of ether oxygens (including phenoxy) is 2. The van der Waals surface area contributed by atoms with Crippen LogP contribution in [0.25, 0.3) is 0 Å². The molecule has 1 amide bonds. The number of esters is 1. The molecule has 0 saturated carbocycles. The van der Waals surface area contributed by atoms with Gasteiger partial charge >= 0.3 is 5.97 Å². The molecule has 0 aliphatic heterocycles. The molecule has 1 unspecified atom stereocenters. The lowest BCUT2D eigenvalue weighted by molar-refractivity contribution is -0.145. The smallest absolute Gasteiger partial charge is 0.328 e. The van der Waals surface area contributed by atoms with Gasteiger partial charge in [0.2, 0.25) is 0 Å². The number of thiazole rings is 1. The van der Waals surface area contributed by atoms with Gasteiger partial charge in [-0.15, -0.1) is 0 Å². The molecule has 0 aliphatic carbocycles. The predicted octanol–water partition coefficient (Wildman–Crippen LogP) is 1.22. The van der Waals surface area contributed by atoms with Crippen molar-refractivity contribution < 1.29 is 19.1 Å². The third-order valence-electron chi connectivity index (χ3n) is 2.17. The average molecular weight is 272 g/mol. The monoisotopic (exact) mass is 272 g/mol. The third-order valence-corrected chi connectivity index (χ3v) is 3.12. The number of aromatic nitrogens is 1. The lowest BCUT2D eigenvalue weighted by Crippen LogP contribution is -2.41. The maximum absolute atomic E-state index is 11.8. The van der Waals surface area contributed by atoms with Crippen molar-refractivity contribution in [3.8, 4) is 5.19 Å². The van der Waals surface area contributed by atoms with E-state index in [1.54, 1.807) is 13.8 Å². The summed E-state index contributed by atoms with van der Waals surface area (Å²) in [6, 6.07) is -0.634. The van der Waals surface area contributed by atoms with Crippen LogP contribution in [0.3, 0.4) is 0 Å². The van der Waals surface area contributed by atoms with E-state index in [9.17, 15) is 9.59 Å². The Morgan fingerprint density at radius 2 is 2.22 bits per heavy atom. The van der Waals surface area contributed by atoms with Crippen molar-refractivity contribution in [2.75, 3.05) is 13.7 Å². The van der Waals surface area contributed by atoms with Gasteiger partial charge in [0.15, 0.2) is 0 Å². The SMILES string of the molecule is CCOC(=O)C(CC)NC(=O)c1cnc(OC)s1. The van der Waals surface area contributed by atoms with E-state index in [2.05, 4.69) is 10.3 Å². The predicted molar refractivity (Wildman–Crippen MR) is 66.8 cm³/mol. The molecule has 1 N–H and O–H groups in total. The quantitative estimate of drug-likeness (QED) is 0.788. The maximum atomic E-state index is 11.8. The molecule has 1 heterocycles. The molecule has 0 aliphatic rings. The largest absolute Gasteiger partial charge is 0.473 e. The fourth-order valence-corrected chi connectivity index (χ4v) is 1.89. The summed E-state index contributed by atoms with van der Waals surface area (Å²) < 4.78 is 9.77. The summed E-state index contributed by atoms with van der Waals surface area (Å²) in [7, 11) is 1.48. The van der Waals surface area contributed by atoms with Gasteiger partial charge in [0.1, 0.15) is 10.9 Å². The van der Waals surface area contributed by atoms with Crippen molar-refractivity contribution in [2.24, 2.45) is 0 Å². The third kappa shape index (κ3) is 3.69. The zero-order valence-corrected chi connectivity index (χ0v) is 11.4. The molecule has 7 heteroatoms.